The molecule has 1 fully saturated rings. The van der Waals surface area contributed by atoms with E-state index in [1.165, 1.54) is 17.0 Å². The van der Waals surface area contributed by atoms with E-state index in [2.05, 4.69) is 21.2 Å². The number of anilines is 1. The molecule has 0 aromatic heterocycles. The molecule has 42 heavy (non-hydrogen) atoms. The Labute approximate surface area is 262 Å². The Bertz CT molecular complexity index is 1520. The first-order valence-electron chi connectivity index (χ1n) is 14.2. The average Bonchev–Trinajstić information content (AvgIpc) is 2.96. The van der Waals surface area contributed by atoms with Crippen molar-refractivity contribution in [1.29, 1.82) is 0 Å². The fourth-order valence-electron chi connectivity index (χ4n) is 5.09. The molecule has 0 radical (unpaired) electrons. The van der Waals surface area contributed by atoms with Gasteiger partial charge in [-0.05, 0) is 81.1 Å². The van der Waals surface area contributed by atoms with Crippen LogP contribution in [0.5, 0.6) is 0 Å². The van der Waals surface area contributed by atoms with Crippen molar-refractivity contribution in [2.75, 3.05) is 10.8 Å². The lowest BCUT2D eigenvalue weighted by atomic mass is 9.95. The fraction of sp³-hybridized carbons (Fsp3) is 0.375. The number of halogens is 2. The van der Waals surface area contributed by atoms with Gasteiger partial charge in [-0.1, -0.05) is 82.7 Å². The molecule has 0 heterocycles. The molecule has 224 valence electrons. The second-order valence-electron chi connectivity index (χ2n) is 10.9. The number of nitrogens with zero attached hydrogens (tertiary/aromatic N) is 2. The lowest BCUT2D eigenvalue weighted by Gasteiger charge is -2.33. The third-order valence-corrected chi connectivity index (χ3v) is 10.4. The third kappa shape index (κ3) is 7.94. The number of amides is 2. The molecule has 0 aliphatic heterocycles. The molecule has 7 nitrogen and oxygen atoms in total. The lowest BCUT2D eigenvalue weighted by molar-refractivity contribution is -0.139. The van der Waals surface area contributed by atoms with Gasteiger partial charge in [-0.2, -0.15) is 0 Å². The van der Waals surface area contributed by atoms with Crippen molar-refractivity contribution in [3.05, 3.63) is 92.9 Å². The van der Waals surface area contributed by atoms with Gasteiger partial charge in [-0.15, -0.1) is 0 Å². The Balaban J connectivity index is 1.69. The van der Waals surface area contributed by atoms with Gasteiger partial charge in [-0.25, -0.2) is 8.42 Å². The highest BCUT2D eigenvalue weighted by molar-refractivity contribution is 9.10. The van der Waals surface area contributed by atoms with E-state index in [0.717, 1.165) is 57.6 Å². The maximum absolute atomic E-state index is 14.1. The van der Waals surface area contributed by atoms with Crippen LogP contribution in [0, 0.1) is 13.8 Å². The predicted molar refractivity (Wildman–Crippen MR) is 171 cm³/mol. The fourth-order valence-corrected chi connectivity index (χ4v) is 7.11. The number of hydrogen-bond acceptors (Lipinski definition) is 4. The first-order chi connectivity index (χ1) is 20.0. The summed E-state index contributed by atoms with van der Waals surface area (Å²) in [5, 5.41) is 3.50. The van der Waals surface area contributed by atoms with E-state index in [1.54, 1.807) is 37.3 Å². The van der Waals surface area contributed by atoms with Crippen molar-refractivity contribution in [1.82, 2.24) is 10.2 Å². The number of hydrogen-bond donors (Lipinski definition) is 1. The molecule has 0 unspecified atom stereocenters. The van der Waals surface area contributed by atoms with Crippen LogP contribution in [0.1, 0.15) is 55.7 Å². The van der Waals surface area contributed by atoms with E-state index in [1.807, 2.05) is 38.1 Å². The summed E-state index contributed by atoms with van der Waals surface area (Å²) >= 11 is 9.88. The molecule has 3 aromatic carbocycles. The number of carbonyl (C=O) groups excluding carboxylic acids is 2. The van der Waals surface area contributed by atoms with Gasteiger partial charge in [0, 0.05) is 22.1 Å². The van der Waals surface area contributed by atoms with Crippen molar-refractivity contribution in [2.45, 2.75) is 76.4 Å². The van der Waals surface area contributed by atoms with Crippen LogP contribution < -0.4 is 9.62 Å². The average molecular weight is 675 g/mol. The van der Waals surface area contributed by atoms with Crippen LogP contribution in [0.25, 0.3) is 0 Å². The van der Waals surface area contributed by atoms with Crippen LogP contribution in [0.2, 0.25) is 5.02 Å². The largest absolute Gasteiger partial charge is 0.352 e. The third-order valence-electron chi connectivity index (χ3n) is 7.69. The van der Waals surface area contributed by atoms with Crippen LogP contribution in [-0.4, -0.2) is 43.8 Å². The Hall–Kier alpha value is -2.88. The molecule has 10 heteroatoms. The van der Waals surface area contributed by atoms with E-state index in [-0.39, 0.29) is 29.1 Å². The van der Waals surface area contributed by atoms with Crippen molar-refractivity contribution in [3.8, 4) is 0 Å². The summed E-state index contributed by atoms with van der Waals surface area (Å²) in [5.74, 6) is -0.759. The first-order valence-corrected chi connectivity index (χ1v) is 16.8. The Morgan fingerprint density at radius 1 is 1.00 bits per heavy atom. The number of sulfonamides is 1. The van der Waals surface area contributed by atoms with Crippen LogP contribution in [0.4, 0.5) is 5.69 Å². The van der Waals surface area contributed by atoms with E-state index in [0.29, 0.717) is 5.02 Å². The van der Waals surface area contributed by atoms with Gasteiger partial charge in [-0.3, -0.25) is 13.9 Å². The topological polar surface area (TPSA) is 86.8 Å². The van der Waals surface area contributed by atoms with E-state index in [9.17, 15) is 18.0 Å². The van der Waals surface area contributed by atoms with Crippen LogP contribution >= 0.6 is 27.5 Å². The number of carbonyl (C=O) groups is 2. The second kappa shape index (κ2) is 14.1. The number of aryl methyl sites for hydroxylation is 2. The van der Waals surface area contributed by atoms with E-state index >= 15 is 0 Å². The molecule has 3 aromatic rings. The molecule has 1 aliphatic carbocycles. The Morgan fingerprint density at radius 2 is 1.69 bits per heavy atom. The monoisotopic (exact) mass is 673 g/mol. The standard InChI is InChI=1S/C32H37BrClN3O4S/c1-22-12-16-29(17-13-22)42(40,41)37(28-15-14-23(2)30(34)19-28)21-31(38)36(20-25-8-7-9-26(33)18-25)24(3)32(39)35-27-10-5-4-6-11-27/h7-9,12-19,24,27H,4-6,10-11,20-21H2,1-3H3,(H,35,39)/t24-/m0/s1. The molecule has 1 N–H and O–H groups in total. The van der Waals surface area contributed by atoms with Crippen LogP contribution in [-0.2, 0) is 26.2 Å². The summed E-state index contributed by atoms with van der Waals surface area (Å²) in [5.41, 5.74) is 2.76. The summed E-state index contributed by atoms with van der Waals surface area (Å²) in [6.45, 7) is 5.00. The van der Waals surface area contributed by atoms with Gasteiger partial charge in [0.1, 0.15) is 12.6 Å². The van der Waals surface area contributed by atoms with Gasteiger partial charge >= 0.3 is 0 Å². The number of benzene rings is 3. The van der Waals surface area contributed by atoms with Crippen LogP contribution in [0.3, 0.4) is 0 Å². The van der Waals surface area contributed by atoms with Gasteiger partial charge in [0.15, 0.2) is 0 Å². The molecule has 0 bridgehead atoms. The Kier molecular flexibility index (Phi) is 10.7. The summed E-state index contributed by atoms with van der Waals surface area (Å²) in [6, 6.07) is 18.1. The summed E-state index contributed by atoms with van der Waals surface area (Å²) in [4.78, 5) is 29.1. The van der Waals surface area contributed by atoms with Crippen molar-refractivity contribution in [3.63, 3.8) is 0 Å². The molecular weight excluding hydrogens is 638 g/mol. The van der Waals surface area contributed by atoms with Crippen molar-refractivity contribution in [2.24, 2.45) is 0 Å². The maximum atomic E-state index is 14.1. The summed E-state index contributed by atoms with van der Waals surface area (Å²) in [6.07, 6.45) is 5.10. The molecule has 0 spiro atoms. The highest BCUT2D eigenvalue weighted by Crippen LogP contribution is 2.29. The second-order valence-corrected chi connectivity index (χ2v) is 14.1. The van der Waals surface area contributed by atoms with E-state index < -0.39 is 28.5 Å². The number of nitrogens with one attached hydrogen (secondary N) is 1. The van der Waals surface area contributed by atoms with E-state index in [4.69, 9.17) is 11.6 Å². The minimum absolute atomic E-state index is 0.0548. The first kappa shape index (κ1) is 32.0. The van der Waals surface area contributed by atoms with Gasteiger partial charge < -0.3 is 10.2 Å². The zero-order valence-electron chi connectivity index (χ0n) is 24.1. The normalized spacial score (nSPS) is 14.7. The SMILES string of the molecule is Cc1ccc(S(=O)(=O)N(CC(=O)N(Cc2cccc(Br)c2)[C@@H](C)C(=O)NC2CCCCC2)c2ccc(C)c(Cl)c2)cc1. The minimum Gasteiger partial charge on any atom is -0.352 e. The zero-order chi connectivity index (χ0) is 30.4. The summed E-state index contributed by atoms with van der Waals surface area (Å²) in [7, 11) is -4.16. The summed E-state index contributed by atoms with van der Waals surface area (Å²) < 4.78 is 29.9. The Morgan fingerprint density at radius 3 is 2.33 bits per heavy atom. The number of rotatable bonds is 10. The predicted octanol–water partition coefficient (Wildman–Crippen LogP) is 6.78. The molecule has 2 amide bonds. The zero-order valence-corrected chi connectivity index (χ0v) is 27.3. The maximum Gasteiger partial charge on any atom is 0.264 e. The molecular formula is C32H37BrClN3O4S. The lowest BCUT2D eigenvalue weighted by Crippen LogP contribution is -2.53. The van der Waals surface area contributed by atoms with Crippen molar-refractivity contribution >= 4 is 55.1 Å². The van der Waals surface area contributed by atoms with Gasteiger partial charge in [0.05, 0.1) is 10.6 Å². The molecule has 0 saturated heterocycles. The minimum atomic E-state index is -4.16. The van der Waals surface area contributed by atoms with Crippen LogP contribution in [0.15, 0.2) is 76.1 Å². The quantitative estimate of drug-likeness (QED) is 0.257. The molecule has 1 atom stereocenters. The molecule has 1 saturated carbocycles. The highest BCUT2D eigenvalue weighted by atomic mass is 79.9. The smallest absolute Gasteiger partial charge is 0.264 e. The van der Waals surface area contributed by atoms with Crippen molar-refractivity contribution < 1.29 is 18.0 Å². The van der Waals surface area contributed by atoms with Gasteiger partial charge in [0.2, 0.25) is 11.8 Å². The van der Waals surface area contributed by atoms with Gasteiger partial charge in [0.25, 0.3) is 10.0 Å². The highest BCUT2D eigenvalue weighted by Gasteiger charge is 2.33. The molecule has 4 rings (SSSR count). The molecule has 1 aliphatic rings.